The molecular weight excluding hydrogens is 410 g/mol. The largest absolute Gasteiger partial charge is 0.477 e. The van der Waals surface area contributed by atoms with Crippen molar-refractivity contribution >= 4 is 45.9 Å². The molecule has 29 heavy (non-hydrogen) atoms. The first-order valence-corrected chi connectivity index (χ1v) is 9.19. The van der Waals surface area contributed by atoms with Crippen LogP contribution in [0.25, 0.3) is 0 Å². The highest BCUT2D eigenvalue weighted by molar-refractivity contribution is 7.13. The van der Waals surface area contributed by atoms with E-state index in [4.69, 9.17) is 15.3 Å². The lowest BCUT2D eigenvalue weighted by Crippen LogP contribution is -2.55. The Labute approximate surface area is 167 Å². The highest BCUT2D eigenvalue weighted by Crippen LogP contribution is 2.35. The van der Waals surface area contributed by atoms with E-state index >= 15 is 0 Å². The number of carboxylic acid groups (broad SMARTS) is 1. The van der Waals surface area contributed by atoms with Crippen molar-refractivity contribution in [2.75, 3.05) is 26.0 Å². The van der Waals surface area contributed by atoms with E-state index in [1.54, 1.807) is 0 Å². The summed E-state index contributed by atoms with van der Waals surface area (Å²) in [6.07, 6.45) is -0.393. The number of ether oxygens (including phenoxy) is 1. The Kier molecular flexibility index (Phi) is 5.65. The molecule has 3 rings (SSSR count). The zero-order chi connectivity index (χ0) is 21.2. The lowest BCUT2D eigenvalue weighted by atomic mass is 10.1. The van der Waals surface area contributed by atoms with Gasteiger partial charge in [-0.25, -0.2) is 9.78 Å². The minimum Gasteiger partial charge on any atom is -0.477 e. The van der Waals surface area contributed by atoms with E-state index in [9.17, 15) is 24.3 Å². The normalized spacial score (nSPS) is 24.5. The van der Waals surface area contributed by atoms with E-state index in [0.29, 0.717) is 5.06 Å². The maximum Gasteiger partial charge on any atom is 0.372 e. The lowest BCUT2D eigenvalue weighted by Gasteiger charge is -2.30. The fourth-order valence-electron chi connectivity index (χ4n) is 2.83. The molecule has 13 nitrogen and oxygen atoms in total. The van der Waals surface area contributed by atoms with Gasteiger partial charge in [0.15, 0.2) is 10.8 Å². The Morgan fingerprint density at radius 3 is 2.86 bits per heavy atom. The van der Waals surface area contributed by atoms with Crippen LogP contribution in [0.5, 0.6) is 0 Å². The topological polar surface area (TPSA) is 183 Å². The Hall–Kier alpha value is -3.26. The Bertz CT molecular complexity index is 886. The van der Waals surface area contributed by atoms with Crippen LogP contribution in [-0.4, -0.2) is 70.6 Å². The van der Waals surface area contributed by atoms with Crippen molar-refractivity contribution in [1.29, 1.82) is 0 Å². The molecule has 1 aromatic heterocycles. The number of thiazole rings is 1. The number of carboxylic acids is 1. The van der Waals surface area contributed by atoms with Crippen LogP contribution >= 0.6 is 11.3 Å². The second-order valence-corrected chi connectivity index (χ2v) is 6.98. The van der Waals surface area contributed by atoms with Crippen LogP contribution < -0.4 is 11.1 Å². The molecule has 0 spiro atoms. The number of nitrogens with zero attached hydrogens (tertiary/aromatic N) is 3. The summed E-state index contributed by atoms with van der Waals surface area (Å²) in [5, 5.41) is 17.9. The molecule has 0 bridgehead atoms. The van der Waals surface area contributed by atoms with Gasteiger partial charge < -0.3 is 25.7 Å². The maximum atomic E-state index is 12.6. The lowest BCUT2D eigenvalue weighted by molar-refractivity contribution is -0.256. The van der Waals surface area contributed by atoms with Gasteiger partial charge in [0.05, 0.1) is 18.9 Å². The monoisotopic (exact) mass is 427 g/mol. The van der Waals surface area contributed by atoms with Crippen LogP contribution in [0.15, 0.2) is 10.5 Å². The first-order valence-electron chi connectivity index (χ1n) is 8.31. The molecule has 2 aliphatic heterocycles. The molecule has 2 atom stereocenters. The van der Waals surface area contributed by atoms with Crippen LogP contribution in [0.1, 0.15) is 18.5 Å². The molecule has 2 amide bonds. The number of nitrogens with two attached hydrogens (primary N) is 1. The number of hydrogen-bond donors (Lipinski definition) is 3. The number of rotatable bonds is 7. The van der Waals surface area contributed by atoms with Crippen LogP contribution in [0.3, 0.4) is 0 Å². The SMILES string of the molecule is CO/N=C(\C(=O)NCC1CON(C2(C(=O)O)CCC(=O)O2)C1=O)c1csc(N)n1. The molecule has 156 valence electrons. The van der Waals surface area contributed by atoms with Gasteiger partial charge in [-0.1, -0.05) is 5.16 Å². The second kappa shape index (κ2) is 8.00. The Morgan fingerprint density at radius 2 is 2.31 bits per heavy atom. The number of nitrogens with one attached hydrogen (secondary N) is 1. The summed E-state index contributed by atoms with van der Waals surface area (Å²) < 4.78 is 4.87. The number of hydroxylamine groups is 2. The van der Waals surface area contributed by atoms with Crippen molar-refractivity contribution in [3.8, 4) is 0 Å². The summed E-state index contributed by atoms with van der Waals surface area (Å²) in [5.74, 6) is -4.56. The first-order chi connectivity index (χ1) is 13.8. The van der Waals surface area contributed by atoms with Crippen LogP contribution in [0.4, 0.5) is 5.13 Å². The number of aliphatic carboxylic acids is 1. The van der Waals surface area contributed by atoms with Crippen LogP contribution in [0.2, 0.25) is 0 Å². The number of anilines is 1. The van der Waals surface area contributed by atoms with Gasteiger partial charge in [0.25, 0.3) is 11.8 Å². The molecular formula is C15H17N5O8S. The average molecular weight is 427 g/mol. The summed E-state index contributed by atoms with van der Waals surface area (Å²) in [7, 11) is 1.25. The summed E-state index contributed by atoms with van der Waals surface area (Å²) in [5.41, 5.74) is 3.41. The summed E-state index contributed by atoms with van der Waals surface area (Å²) in [6.45, 7) is -0.383. The molecule has 14 heteroatoms. The molecule has 2 aliphatic rings. The highest BCUT2D eigenvalue weighted by atomic mass is 32.1. The first kappa shape index (κ1) is 20.5. The number of aromatic nitrogens is 1. The van der Waals surface area contributed by atoms with E-state index in [1.165, 1.54) is 12.5 Å². The minimum absolute atomic E-state index is 0.143. The number of carbonyl (C=O) groups excluding carboxylic acids is 3. The molecule has 1 aromatic rings. The van der Waals surface area contributed by atoms with E-state index in [1.807, 2.05) is 0 Å². The summed E-state index contributed by atoms with van der Waals surface area (Å²) in [6, 6.07) is 0. The van der Waals surface area contributed by atoms with Gasteiger partial charge in [0.2, 0.25) is 0 Å². The van der Waals surface area contributed by atoms with Gasteiger partial charge in [-0.15, -0.1) is 11.3 Å². The van der Waals surface area contributed by atoms with Gasteiger partial charge in [0, 0.05) is 18.3 Å². The molecule has 0 saturated carbocycles. The van der Waals surface area contributed by atoms with Gasteiger partial charge in [-0.05, 0) is 0 Å². The average Bonchev–Trinajstić information content (AvgIpc) is 3.37. The van der Waals surface area contributed by atoms with Gasteiger partial charge in [-0.2, -0.15) is 5.06 Å². The van der Waals surface area contributed by atoms with Crippen LogP contribution in [-0.2, 0) is 33.6 Å². The highest BCUT2D eigenvalue weighted by Gasteiger charge is 2.58. The van der Waals surface area contributed by atoms with E-state index in [0.717, 1.165) is 11.3 Å². The third-order valence-electron chi connectivity index (χ3n) is 4.24. The van der Waals surface area contributed by atoms with Gasteiger partial charge in [-0.3, -0.25) is 19.2 Å². The van der Waals surface area contributed by atoms with E-state index < -0.39 is 35.4 Å². The molecule has 3 heterocycles. The van der Waals surface area contributed by atoms with Gasteiger partial charge in [0.1, 0.15) is 12.8 Å². The third kappa shape index (κ3) is 3.84. The van der Waals surface area contributed by atoms with Gasteiger partial charge >= 0.3 is 17.7 Å². The molecule has 2 saturated heterocycles. The minimum atomic E-state index is -2.20. The van der Waals surface area contributed by atoms with Crippen molar-refractivity contribution in [1.82, 2.24) is 15.4 Å². The number of esters is 1. The predicted octanol–water partition coefficient (Wildman–Crippen LogP) is -1.30. The van der Waals surface area contributed by atoms with Crippen molar-refractivity contribution < 1.29 is 38.7 Å². The smallest absolute Gasteiger partial charge is 0.372 e. The number of carbonyl (C=O) groups is 4. The molecule has 0 aliphatic carbocycles. The molecule has 0 radical (unpaired) electrons. The van der Waals surface area contributed by atoms with E-state index in [-0.39, 0.29) is 42.5 Å². The number of oxime groups is 1. The molecule has 4 N–H and O–H groups in total. The van der Waals surface area contributed by atoms with Crippen molar-refractivity contribution in [3.05, 3.63) is 11.1 Å². The number of nitrogen functional groups attached to an aromatic ring is 1. The Morgan fingerprint density at radius 1 is 1.55 bits per heavy atom. The fraction of sp³-hybridized carbons (Fsp3) is 0.467. The molecule has 2 unspecified atom stereocenters. The molecule has 0 aromatic carbocycles. The van der Waals surface area contributed by atoms with E-state index in [2.05, 4.69) is 20.3 Å². The summed E-state index contributed by atoms with van der Waals surface area (Å²) in [4.78, 5) is 61.9. The maximum absolute atomic E-state index is 12.6. The number of hydrogen-bond acceptors (Lipinski definition) is 11. The zero-order valence-corrected chi connectivity index (χ0v) is 15.9. The zero-order valence-electron chi connectivity index (χ0n) is 15.1. The predicted molar refractivity (Wildman–Crippen MR) is 95.1 cm³/mol. The van der Waals surface area contributed by atoms with Crippen molar-refractivity contribution in [2.45, 2.75) is 18.6 Å². The second-order valence-electron chi connectivity index (χ2n) is 6.09. The van der Waals surface area contributed by atoms with Crippen molar-refractivity contribution in [2.24, 2.45) is 11.1 Å². The quantitative estimate of drug-likeness (QED) is 0.268. The van der Waals surface area contributed by atoms with Crippen LogP contribution in [0, 0.1) is 5.92 Å². The number of cyclic esters (lactones) is 1. The summed E-state index contributed by atoms with van der Waals surface area (Å²) >= 11 is 1.11. The molecule has 2 fully saturated rings. The van der Waals surface area contributed by atoms with Crippen molar-refractivity contribution in [3.63, 3.8) is 0 Å². The number of amides is 2. The standard InChI is InChI=1S/C15H17N5O8S/c1-26-19-10(8-6-29-14(16)18-8)11(22)17-4-7-5-27-20(12(7)23)15(13(24)25)3-2-9(21)28-15/h6-7H,2-5H2,1H3,(H2,16,18)(H,17,22)(H,24,25)/b19-10-. The Balaban J connectivity index is 1.66. The third-order valence-corrected chi connectivity index (χ3v) is 4.91. The fourth-order valence-corrected chi connectivity index (χ4v) is 3.38.